The molecule has 0 saturated carbocycles. The van der Waals surface area contributed by atoms with Gasteiger partial charge in [-0.05, 0) is 26.0 Å². The summed E-state index contributed by atoms with van der Waals surface area (Å²) in [5, 5.41) is 13.3. The van der Waals surface area contributed by atoms with E-state index in [0.717, 1.165) is 30.8 Å². The van der Waals surface area contributed by atoms with Crippen molar-refractivity contribution in [2.24, 2.45) is 0 Å². The number of anilines is 1. The third-order valence-electron chi connectivity index (χ3n) is 2.99. The molecular weight excluding hydrogens is 212 g/mol. The first-order chi connectivity index (χ1) is 8.10. The monoisotopic (exact) mass is 236 g/mol. The van der Waals surface area contributed by atoms with Crippen molar-refractivity contribution in [2.45, 2.75) is 33.2 Å². The highest BCUT2D eigenvalue weighted by Gasteiger charge is 2.10. The maximum Gasteiger partial charge on any atom is 0.122 e. The van der Waals surface area contributed by atoms with Crippen LogP contribution in [-0.4, -0.2) is 25.2 Å². The van der Waals surface area contributed by atoms with E-state index in [1.165, 1.54) is 0 Å². The molecule has 1 rings (SSSR count). The lowest BCUT2D eigenvalue weighted by atomic mass is 10.1. The van der Waals surface area contributed by atoms with Crippen molar-refractivity contribution >= 4 is 5.69 Å². The smallest absolute Gasteiger partial charge is 0.122 e. The molecule has 17 heavy (non-hydrogen) atoms. The van der Waals surface area contributed by atoms with Crippen molar-refractivity contribution in [3.8, 4) is 5.75 Å². The standard InChI is InChI=1S/C14H24N2O/c1-5-9-16(4)12-7-8-13(14(17)10-12)11(3)15-6-2/h7-8,10-11,15,17H,5-6,9H2,1-4H3. The summed E-state index contributed by atoms with van der Waals surface area (Å²) >= 11 is 0. The minimum absolute atomic E-state index is 0.186. The largest absolute Gasteiger partial charge is 0.508 e. The molecule has 1 aromatic rings. The zero-order valence-corrected chi connectivity index (χ0v) is 11.3. The number of rotatable bonds is 6. The lowest BCUT2D eigenvalue weighted by molar-refractivity contribution is 0.454. The molecule has 2 N–H and O–H groups in total. The van der Waals surface area contributed by atoms with Crippen LogP contribution >= 0.6 is 0 Å². The van der Waals surface area contributed by atoms with Gasteiger partial charge in [-0.1, -0.05) is 19.9 Å². The van der Waals surface area contributed by atoms with Gasteiger partial charge in [-0.25, -0.2) is 0 Å². The van der Waals surface area contributed by atoms with Crippen LogP contribution in [0.1, 0.15) is 38.8 Å². The predicted molar refractivity (Wildman–Crippen MR) is 73.8 cm³/mol. The molecule has 3 nitrogen and oxygen atoms in total. The quantitative estimate of drug-likeness (QED) is 0.797. The van der Waals surface area contributed by atoms with Crippen molar-refractivity contribution in [2.75, 3.05) is 25.0 Å². The highest BCUT2D eigenvalue weighted by molar-refractivity contribution is 5.53. The van der Waals surface area contributed by atoms with Gasteiger partial charge in [0.05, 0.1) is 0 Å². The molecule has 1 atom stereocenters. The SMILES string of the molecule is CCCN(C)c1ccc(C(C)NCC)c(O)c1. The van der Waals surface area contributed by atoms with Crippen molar-refractivity contribution in [1.29, 1.82) is 0 Å². The number of hydrogen-bond acceptors (Lipinski definition) is 3. The first-order valence-corrected chi connectivity index (χ1v) is 6.37. The van der Waals surface area contributed by atoms with Gasteiger partial charge >= 0.3 is 0 Å². The normalized spacial score (nSPS) is 12.5. The molecule has 0 fully saturated rings. The van der Waals surface area contributed by atoms with E-state index in [-0.39, 0.29) is 6.04 Å². The Labute approximate surface area is 104 Å². The van der Waals surface area contributed by atoms with Crippen molar-refractivity contribution < 1.29 is 5.11 Å². The number of aromatic hydroxyl groups is 1. The number of phenolic OH excluding ortho intramolecular Hbond substituents is 1. The number of nitrogens with zero attached hydrogens (tertiary/aromatic N) is 1. The second-order valence-electron chi connectivity index (χ2n) is 4.44. The number of hydrogen-bond donors (Lipinski definition) is 2. The van der Waals surface area contributed by atoms with E-state index in [9.17, 15) is 5.11 Å². The Morgan fingerprint density at radius 2 is 2.06 bits per heavy atom. The molecular formula is C14H24N2O. The van der Waals surface area contributed by atoms with Gasteiger partial charge in [0.2, 0.25) is 0 Å². The van der Waals surface area contributed by atoms with Crippen LogP contribution < -0.4 is 10.2 Å². The van der Waals surface area contributed by atoms with E-state index >= 15 is 0 Å². The predicted octanol–water partition coefficient (Wildman–Crippen LogP) is 2.91. The molecule has 0 aliphatic heterocycles. The number of benzene rings is 1. The summed E-state index contributed by atoms with van der Waals surface area (Å²) in [7, 11) is 2.05. The Bertz CT molecular complexity index is 352. The van der Waals surface area contributed by atoms with E-state index < -0.39 is 0 Å². The minimum atomic E-state index is 0.186. The van der Waals surface area contributed by atoms with Gasteiger partial charge in [-0.2, -0.15) is 0 Å². The third-order valence-corrected chi connectivity index (χ3v) is 2.99. The Hall–Kier alpha value is -1.22. The Kier molecular flexibility index (Phi) is 5.29. The molecule has 0 spiro atoms. The molecule has 0 aliphatic rings. The molecule has 3 heteroatoms. The molecule has 1 unspecified atom stereocenters. The number of phenols is 1. The maximum absolute atomic E-state index is 10.0. The fourth-order valence-electron chi connectivity index (χ4n) is 2.02. The zero-order chi connectivity index (χ0) is 12.8. The molecule has 1 aromatic carbocycles. The molecule has 0 amide bonds. The summed E-state index contributed by atoms with van der Waals surface area (Å²) < 4.78 is 0. The van der Waals surface area contributed by atoms with Crippen LogP contribution in [0, 0.1) is 0 Å². The topological polar surface area (TPSA) is 35.5 Å². The molecule has 0 aromatic heterocycles. The van der Waals surface area contributed by atoms with Crippen LogP contribution in [0.3, 0.4) is 0 Å². The number of nitrogens with one attached hydrogen (secondary N) is 1. The lowest BCUT2D eigenvalue weighted by Gasteiger charge is -2.21. The van der Waals surface area contributed by atoms with Gasteiger partial charge in [0, 0.05) is 37.0 Å². The van der Waals surface area contributed by atoms with Crippen LogP contribution in [0.15, 0.2) is 18.2 Å². The Balaban J connectivity index is 2.85. The molecule has 0 aliphatic carbocycles. The summed E-state index contributed by atoms with van der Waals surface area (Å²) in [5.74, 6) is 0.374. The van der Waals surface area contributed by atoms with E-state index in [4.69, 9.17) is 0 Å². The molecule has 0 heterocycles. The summed E-state index contributed by atoms with van der Waals surface area (Å²) in [6.07, 6.45) is 1.10. The van der Waals surface area contributed by atoms with Crippen LogP contribution in [-0.2, 0) is 0 Å². The van der Waals surface area contributed by atoms with E-state index in [1.807, 2.05) is 19.2 Å². The van der Waals surface area contributed by atoms with Gasteiger partial charge in [0.25, 0.3) is 0 Å². The van der Waals surface area contributed by atoms with E-state index in [0.29, 0.717) is 5.75 Å². The fourth-order valence-corrected chi connectivity index (χ4v) is 2.02. The average Bonchev–Trinajstić information content (AvgIpc) is 2.29. The Morgan fingerprint density at radius 3 is 2.59 bits per heavy atom. The van der Waals surface area contributed by atoms with Gasteiger partial charge in [0.1, 0.15) is 5.75 Å². The molecule has 0 saturated heterocycles. The molecule has 0 bridgehead atoms. The van der Waals surface area contributed by atoms with Gasteiger partial charge in [0.15, 0.2) is 0 Å². The van der Waals surface area contributed by atoms with Crippen LogP contribution in [0.5, 0.6) is 5.75 Å². The van der Waals surface area contributed by atoms with Crippen molar-refractivity contribution in [3.05, 3.63) is 23.8 Å². The average molecular weight is 236 g/mol. The van der Waals surface area contributed by atoms with E-state index in [1.54, 1.807) is 0 Å². The second-order valence-corrected chi connectivity index (χ2v) is 4.44. The summed E-state index contributed by atoms with van der Waals surface area (Å²) in [4.78, 5) is 2.15. The van der Waals surface area contributed by atoms with E-state index in [2.05, 4.69) is 37.1 Å². The first-order valence-electron chi connectivity index (χ1n) is 6.37. The highest BCUT2D eigenvalue weighted by atomic mass is 16.3. The fraction of sp³-hybridized carbons (Fsp3) is 0.571. The second kappa shape index (κ2) is 6.50. The van der Waals surface area contributed by atoms with Crippen LogP contribution in [0.4, 0.5) is 5.69 Å². The summed E-state index contributed by atoms with van der Waals surface area (Å²) in [6.45, 7) is 8.18. The lowest BCUT2D eigenvalue weighted by Crippen LogP contribution is -2.19. The summed E-state index contributed by atoms with van der Waals surface area (Å²) in [6, 6.07) is 6.10. The van der Waals surface area contributed by atoms with Crippen LogP contribution in [0.2, 0.25) is 0 Å². The van der Waals surface area contributed by atoms with Crippen LogP contribution in [0.25, 0.3) is 0 Å². The van der Waals surface area contributed by atoms with Crippen molar-refractivity contribution in [1.82, 2.24) is 5.32 Å². The first kappa shape index (κ1) is 13.8. The minimum Gasteiger partial charge on any atom is -0.508 e. The third kappa shape index (κ3) is 3.63. The zero-order valence-electron chi connectivity index (χ0n) is 11.3. The maximum atomic E-state index is 10.0. The molecule has 0 radical (unpaired) electrons. The van der Waals surface area contributed by atoms with Gasteiger partial charge < -0.3 is 15.3 Å². The van der Waals surface area contributed by atoms with Gasteiger partial charge in [-0.3, -0.25) is 0 Å². The Morgan fingerprint density at radius 1 is 1.35 bits per heavy atom. The van der Waals surface area contributed by atoms with Crippen molar-refractivity contribution in [3.63, 3.8) is 0 Å². The summed E-state index contributed by atoms with van der Waals surface area (Å²) in [5.41, 5.74) is 2.03. The molecule has 96 valence electrons. The van der Waals surface area contributed by atoms with Gasteiger partial charge in [-0.15, -0.1) is 0 Å². The highest BCUT2D eigenvalue weighted by Crippen LogP contribution is 2.28.